The van der Waals surface area contributed by atoms with Crippen LogP contribution in [0.2, 0.25) is 36.3 Å². The lowest BCUT2D eigenvalue weighted by Crippen LogP contribution is -2.62. The lowest BCUT2D eigenvalue weighted by molar-refractivity contribution is -0.149. The molecule has 0 unspecified atom stereocenters. The highest BCUT2D eigenvalue weighted by molar-refractivity contribution is 6.74. The molecule has 1 amide bonds. The predicted molar refractivity (Wildman–Crippen MR) is 140 cm³/mol. The van der Waals surface area contributed by atoms with Crippen molar-refractivity contribution in [1.29, 1.82) is 0 Å². The molecular formula is C26H45NO4Si2. The average molecular weight is 492 g/mol. The number of carbonyl (C=O) groups is 2. The van der Waals surface area contributed by atoms with Crippen LogP contribution in [-0.2, 0) is 25.0 Å². The molecule has 186 valence electrons. The van der Waals surface area contributed by atoms with E-state index in [0.29, 0.717) is 19.4 Å². The fourth-order valence-electron chi connectivity index (χ4n) is 4.46. The number of amides is 1. The minimum Gasteiger partial charge on any atom is -0.412 e. The number of hydrogen-bond acceptors (Lipinski definition) is 4. The summed E-state index contributed by atoms with van der Waals surface area (Å²) in [7, 11) is -4.19. The van der Waals surface area contributed by atoms with Gasteiger partial charge in [0.2, 0.25) is 5.91 Å². The van der Waals surface area contributed by atoms with Crippen LogP contribution >= 0.6 is 0 Å². The summed E-state index contributed by atoms with van der Waals surface area (Å²) in [5.74, 6) is 0.0751. The SMILES string of the molecule is CC[Si](CC)(CC)O[C@H](C=O)[C@@H]1[C@@H](O[Si](C)(C)C(C)(C)C)CCC(=O)N1Cc1ccccc1. The first kappa shape index (κ1) is 28.0. The number of carbonyl (C=O) groups excluding carboxylic acids is 2. The molecule has 1 aromatic carbocycles. The first-order valence-electron chi connectivity index (χ1n) is 12.6. The maximum Gasteiger partial charge on any atom is 0.223 e. The normalized spacial score (nSPS) is 21.2. The van der Waals surface area contributed by atoms with Gasteiger partial charge in [0.25, 0.3) is 0 Å². The van der Waals surface area contributed by atoms with Crippen molar-refractivity contribution in [2.75, 3.05) is 0 Å². The topological polar surface area (TPSA) is 55.8 Å². The van der Waals surface area contributed by atoms with Crippen molar-refractivity contribution in [1.82, 2.24) is 4.90 Å². The van der Waals surface area contributed by atoms with Crippen LogP contribution < -0.4 is 0 Å². The summed E-state index contributed by atoms with van der Waals surface area (Å²) in [6.07, 6.45) is 1.13. The molecule has 1 heterocycles. The summed E-state index contributed by atoms with van der Waals surface area (Å²) in [5.41, 5.74) is 1.05. The molecule has 0 spiro atoms. The number of benzene rings is 1. The second kappa shape index (κ2) is 11.4. The van der Waals surface area contributed by atoms with E-state index in [1.165, 1.54) is 0 Å². The second-order valence-corrected chi connectivity index (χ2v) is 20.4. The van der Waals surface area contributed by atoms with Gasteiger partial charge in [0.05, 0.1) is 12.1 Å². The van der Waals surface area contributed by atoms with E-state index in [2.05, 4.69) is 54.6 Å². The third-order valence-corrected chi connectivity index (χ3v) is 17.1. The summed E-state index contributed by atoms with van der Waals surface area (Å²) < 4.78 is 13.6. The van der Waals surface area contributed by atoms with Crippen LogP contribution in [0.4, 0.5) is 0 Å². The molecule has 1 aliphatic heterocycles. The first-order valence-corrected chi connectivity index (χ1v) is 18.0. The molecule has 0 aromatic heterocycles. The van der Waals surface area contributed by atoms with Gasteiger partial charge < -0.3 is 18.5 Å². The number of aldehydes is 1. The Morgan fingerprint density at radius 3 is 2.15 bits per heavy atom. The number of hydrogen-bond donors (Lipinski definition) is 0. The zero-order chi connectivity index (χ0) is 24.9. The number of piperidine rings is 1. The fraction of sp³-hybridized carbons (Fsp3) is 0.692. The van der Waals surface area contributed by atoms with Crippen molar-refractivity contribution in [3.05, 3.63) is 35.9 Å². The van der Waals surface area contributed by atoms with Gasteiger partial charge in [-0.1, -0.05) is 71.9 Å². The zero-order valence-corrected chi connectivity index (χ0v) is 24.0. The van der Waals surface area contributed by atoms with Crippen LogP contribution in [0.1, 0.15) is 59.9 Å². The Labute approximate surface area is 203 Å². The minimum atomic E-state index is -2.12. The molecule has 0 saturated carbocycles. The Hall–Kier alpha value is -1.29. The van der Waals surface area contributed by atoms with Crippen LogP contribution in [0.3, 0.4) is 0 Å². The predicted octanol–water partition coefficient (Wildman–Crippen LogP) is 6.16. The Kier molecular flexibility index (Phi) is 9.68. The molecule has 2 rings (SSSR count). The van der Waals surface area contributed by atoms with Crippen LogP contribution in [0.15, 0.2) is 30.3 Å². The van der Waals surface area contributed by atoms with Gasteiger partial charge in [-0.25, -0.2) is 0 Å². The molecule has 1 aromatic rings. The molecule has 33 heavy (non-hydrogen) atoms. The second-order valence-electron chi connectivity index (χ2n) is 10.9. The maximum absolute atomic E-state index is 13.2. The van der Waals surface area contributed by atoms with E-state index in [-0.39, 0.29) is 17.0 Å². The molecule has 0 radical (unpaired) electrons. The number of rotatable bonds is 11. The largest absolute Gasteiger partial charge is 0.412 e. The van der Waals surface area contributed by atoms with Gasteiger partial charge in [-0.3, -0.25) is 4.79 Å². The highest BCUT2D eigenvalue weighted by Gasteiger charge is 2.48. The third kappa shape index (κ3) is 6.65. The molecule has 1 aliphatic rings. The Bertz CT molecular complexity index is 766. The molecule has 5 nitrogen and oxygen atoms in total. The monoisotopic (exact) mass is 491 g/mol. The standard InChI is InChI=1S/C26H45NO4Si2/c1-9-33(10-2,11-3)31-23(20-28)25-22(30-32(7,8)26(4,5)6)17-18-24(29)27(25)19-21-15-13-12-14-16-21/h12-16,20,22-23,25H,9-11,17-19H2,1-8H3/t22-,23+,25-/m0/s1. The molecule has 0 bridgehead atoms. The van der Waals surface area contributed by atoms with E-state index in [4.69, 9.17) is 8.85 Å². The first-order chi connectivity index (χ1) is 15.4. The summed E-state index contributed by atoms with van der Waals surface area (Å²) in [6, 6.07) is 12.5. The number of nitrogens with zero attached hydrogens (tertiary/aromatic N) is 1. The summed E-state index contributed by atoms with van der Waals surface area (Å²) in [6.45, 7) is 18.1. The Balaban J connectivity index is 2.49. The van der Waals surface area contributed by atoms with Crippen LogP contribution in [0.25, 0.3) is 0 Å². The van der Waals surface area contributed by atoms with Crippen molar-refractivity contribution < 1.29 is 18.4 Å². The van der Waals surface area contributed by atoms with Gasteiger partial charge in [-0.15, -0.1) is 0 Å². The van der Waals surface area contributed by atoms with E-state index in [9.17, 15) is 9.59 Å². The van der Waals surface area contributed by atoms with Crippen molar-refractivity contribution in [3.63, 3.8) is 0 Å². The fourth-order valence-corrected chi connectivity index (χ4v) is 8.60. The molecule has 0 N–H and O–H groups in total. The van der Waals surface area contributed by atoms with Crippen LogP contribution in [0.5, 0.6) is 0 Å². The highest BCUT2D eigenvalue weighted by Crippen LogP contribution is 2.40. The van der Waals surface area contributed by atoms with E-state index in [0.717, 1.165) is 30.0 Å². The summed E-state index contributed by atoms with van der Waals surface area (Å²) >= 11 is 0. The summed E-state index contributed by atoms with van der Waals surface area (Å²) in [5, 5.41) is 0.0373. The molecule has 3 atom stereocenters. The van der Waals surface area contributed by atoms with E-state index >= 15 is 0 Å². The Morgan fingerprint density at radius 1 is 1.09 bits per heavy atom. The minimum absolute atomic E-state index is 0.0373. The Morgan fingerprint density at radius 2 is 1.67 bits per heavy atom. The van der Waals surface area contributed by atoms with E-state index in [1.54, 1.807) is 0 Å². The molecule has 1 fully saturated rings. The number of likely N-dealkylation sites (tertiary alicyclic amines) is 1. The molecule has 7 heteroatoms. The lowest BCUT2D eigenvalue weighted by Gasteiger charge is -2.49. The van der Waals surface area contributed by atoms with E-state index in [1.807, 2.05) is 35.2 Å². The molecule has 1 saturated heterocycles. The van der Waals surface area contributed by atoms with Crippen molar-refractivity contribution in [3.8, 4) is 0 Å². The van der Waals surface area contributed by atoms with Gasteiger partial charge in [0.1, 0.15) is 12.4 Å². The average Bonchev–Trinajstić information content (AvgIpc) is 2.78. The van der Waals surface area contributed by atoms with Gasteiger partial charge in [0, 0.05) is 13.0 Å². The zero-order valence-electron chi connectivity index (χ0n) is 22.0. The smallest absolute Gasteiger partial charge is 0.223 e. The maximum atomic E-state index is 13.2. The van der Waals surface area contributed by atoms with Gasteiger partial charge >= 0.3 is 0 Å². The van der Waals surface area contributed by atoms with Crippen molar-refractivity contribution in [2.45, 2.75) is 115 Å². The highest BCUT2D eigenvalue weighted by atomic mass is 28.4. The van der Waals surface area contributed by atoms with Crippen molar-refractivity contribution >= 4 is 28.8 Å². The lowest BCUT2D eigenvalue weighted by atomic mass is 9.93. The van der Waals surface area contributed by atoms with Crippen LogP contribution in [-0.4, -0.2) is 52.0 Å². The van der Waals surface area contributed by atoms with Crippen LogP contribution in [0, 0.1) is 0 Å². The third-order valence-electron chi connectivity index (χ3n) is 7.94. The molecule has 0 aliphatic carbocycles. The van der Waals surface area contributed by atoms with Gasteiger partial charge in [-0.2, -0.15) is 0 Å². The van der Waals surface area contributed by atoms with E-state index < -0.39 is 28.8 Å². The molecular weight excluding hydrogens is 446 g/mol. The van der Waals surface area contributed by atoms with Gasteiger partial charge in [-0.05, 0) is 48.2 Å². The summed E-state index contributed by atoms with van der Waals surface area (Å²) in [4.78, 5) is 27.7. The quantitative estimate of drug-likeness (QED) is 0.275. The van der Waals surface area contributed by atoms with Crippen molar-refractivity contribution in [2.24, 2.45) is 0 Å². The van der Waals surface area contributed by atoms with Gasteiger partial charge in [0.15, 0.2) is 16.6 Å².